The zero-order valence-corrected chi connectivity index (χ0v) is 10.8. The van der Waals surface area contributed by atoms with Crippen molar-refractivity contribution in [2.45, 2.75) is 64.7 Å². The molecule has 0 bridgehead atoms. The molecular weight excluding hydrogens is 200 g/mol. The van der Waals surface area contributed by atoms with Gasteiger partial charge in [0.25, 0.3) is 0 Å². The summed E-state index contributed by atoms with van der Waals surface area (Å²) in [6, 6.07) is 0. The Labute approximate surface area is 100 Å². The van der Waals surface area contributed by atoms with Crippen LogP contribution in [-0.4, -0.2) is 13.1 Å². The highest BCUT2D eigenvalue weighted by atomic mass is 16.5. The Morgan fingerprint density at radius 2 is 1.62 bits per heavy atom. The van der Waals surface area contributed by atoms with E-state index in [9.17, 15) is 4.79 Å². The van der Waals surface area contributed by atoms with Crippen LogP contribution < -0.4 is 0 Å². The third kappa shape index (κ3) is 11.3. The average molecular weight is 226 g/mol. The maximum atomic E-state index is 10.8. The van der Waals surface area contributed by atoms with Crippen LogP contribution in [0.15, 0.2) is 12.2 Å². The predicted molar refractivity (Wildman–Crippen MR) is 68.4 cm³/mol. The number of carbonyl (C=O) groups excluding carboxylic acids is 1. The number of methoxy groups -OCH3 is 1. The fourth-order valence-corrected chi connectivity index (χ4v) is 1.57. The molecule has 94 valence electrons. The van der Waals surface area contributed by atoms with Crippen LogP contribution in [0, 0.1) is 0 Å². The molecule has 0 heterocycles. The van der Waals surface area contributed by atoms with E-state index in [1.165, 1.54) is 45.6 Å². The van der Waals surface area contributed by atoms with E-state index in [1.54, 1.807) is 0 Å². The summed E-state index contributed by atoms with van der Waals surface area (Å²) in [5.41, 5.74) is 0. The molecule has 0 amide bonds. The van der Waals surface area contributed by atoms with E-state index >= 15 is 0 Å². The second kappa shape index (κ2) is 12.3. The molecule has 0 rings (SSSR count). The third-order valence-electron chi connectivity index (χ3n) is 2.60. The third-order valence-corrected chi connectivity index (χ3v) is 2.60. The van der Waals surface area contributed by atoms with Gasteiger partial charge in [-0.1, -0.05) is 44.8 Å². The molecule has 0 aliphatic heterocycles. The molecule has 0 aromatic heterocycles. The van der Waals surface area contributed by atoms with E-state index in [0.29, 0.717) is 6.42 Å². The first-order valence-electron chi connectivity index (χ1n) is 6.53. The van der Waals surface area contributed by atoms with E-state index < -0.39 is 0 Å². The van der Waals surface area contributed by atoms with Gasteiger partial charge in [0.1, 0.15) is 0 Å². The van der Waals surface area contributed by atoms with Crippen molar-refractivity contribution in [1.82, 2.24) is 0 Å². The second-order valence-corrected chi connectivity index (χ2v) is 4.14. The summed E-state index contributed by atoms with van der Waals surface area (Å²) in [6.45, 7) is 2.20. The lowest BCUT2D eigenvalue weighted by Gasteiger charge is -1.99. The van der Waals surface area contributed by atoms with E-state index in [1.807, 2.05) is 0 Å². The number of allylic oxidation sites excluding steroid dienone is 2. The molecule has 0 atom stereocenters. The Kier molecular flexibility index (Phi) is 11.7. The summed E-state index contributed by atoms with van der Waals surface area (Å²) in [7, 11) is 1.45. The summed E-state index contributed by atoms with van der Waals surface area (Å²) in [5.74, 6) is -0.0810. The minimum atomic E-state index is -0.0810. The number of esters is 1. The Bertz CT molecular complexity index is 185. The number of hydrogen-bond donors (Lipinski definition) is 0. The molecule has 0 aliphatic carbocycles. The van der Waals surface area contributed by atoms with Crippen LogP contribution >= 0.6 is 0 Å². The van der Waals surface area contributed by atoms with Crippen LogP contribution in [0.1, 0.15) is 64.7 Å². The van der Waals surface area contributed by atoms with Gasteiger partial charge in [-0.25, -0.2) is 0 Å². The Balaban J connectivity index is 3.07. The molecule has 0 aliphatic rings. The van der Waals surface area contributed by atoms with Crippen LogP contribution in [0.25, 0.3) is 0 Å². The highest BCUT2D eigenvalue weighted by molar-refractivity contribution is 5.68. The first kappa shape index (κ1) is 15.2. The average Bonchev–Trinajstić information content (AvgIpc) is 2.31. The molecule has 0 fully saturated rings. The van der Waals surface area contributed by atoms with E-state index in [4.69, 9.17) is 0 Å². The summed E-state index contributed by atoms with van der Waals surface area (Å²) in [4.78, 5) is 10.8. The van der Waals surface area contributed by atoms with Gasteiger partial charge in [-0.3, -0.25) is 4.79 Å². The van der Waals surface area contributed by atoms with E-state index in [2.05, 4.69) is 23.8 Å². The molecule has 2 nitrogen and oxygen atoms in total. The highest BCUT2D eigenvalue weighted by Gasteiger charge is 1.98. The number of hydrogen-bond acceptors (Lipinski definition) is 2. The van der Waals surface area contributed by atoms with Crippen molar-refractivity contribution in [3.8, 4) is 0 Å². The van der Waals surface area contributed by atoms with E-state index in [0.717, 1.165) is 12.8 Å². The Morgan fingerprint density at radius 1 is 1.00 bits per heavy atom. The summed E-state index contributed by atoms with van der Waals surface area (Å²) < 4.78 is 4.58. The van der Waals surface area contributed by atoms with Gasteiger partial charge in [-0.15, -0.1) is 0 Å². The first-order chi connectivity index (χ1) is 7.81. The van der Waals surface area contributed by atoms with Crippen LogP contribution in [0.4, 0.5) is 0 Å². The monoisotopic (exact) mass is 226 g/mol. The molecule has 0 unspecified atom stereocenters. The molecule has 0 spiro atoms. The molecule has 0 radical (unpaired) electrons. The SMILES string of the molecule is CCC/C=C/CCCCCCCC(=O)OC. The fourth-order valence-electron chi connectivity index (χ4n) is 1.57. The smallest absolute Gasteiger partial charge is 0.305 e. The van der Waals surface area contributed by atoms with Crippen LogP contribution in [0.5, 0.6) is 0 Å². The van der Waals surface area contributed by atoms with Crippen LogP contribution in [0.2, 0.25) is 0 Å². The number of rotatable bonds is 10. The number of ether oxygens (including phenoxy) is 1. The first-order valence-corrected chi connectivity index (χ1v) is 6.53. The van der Waals surface area contributed by atoms with Gasteiger partial charge in [0, 0.05) is 6.42 Å². The van der Waals surface area contributed by atoms with Gasteiger partial charge in [0.2, 0.25) is 0 Å². The summed E-state index contributed by atoms with van der Waals surface area (Å²) in [6.07, 6.45) is 14.7. The van der Waals surface area contributed by atoms with Gasteiger partial charge in [0.15, 0.2) is 0 Å². The quantitative estimate of drug-likeness (QED) is 0.316. The van der Waals surface area contributed by atoms with Gasteiger partial charge in [0.05, 0.1) is 7.11 Å². The fraction of sp³-hybridized carbons (Fsp3) is 0.786. The van der Waals surface area contributed by atoms with Crippen LogP contribution in [-0.2, 0) is 9.53 Å². The molecule has 16 heavy (non-hydrogen) atoms. The van der Waals surface area contributed by atoms with Crippen molar-refractivity contribution >= 4 is 5.97 Å². The molecular formula is C14H26O2. The standard InChI is InChI=1S/C14H26O2/c1-3-4-5-6-7-8-9-10-11-12-13-14(15)16-2/h5-6H,3-4,7-13H2,1-2H3/b6-5+. The van der Waals surface area contributed by atoms with Crippen molar-refractivity contribution < 1.29 is 9.53 Å². The molecule has 0 aromatic carbocycles. The molecule has 2 heteroatoms. The largest absolute Gasteiger partial charge is 0.469 e. The van der Waals surface area contributed by atoms with Crippen molar-refractivity contribution in [3.63, 3.8) is 0 Å². The lowest BCUT2D eigenvalue weighted by molar-refractivity contribution is -0.140. The zero-order valence-electron chi connectivity index (χ0n) is 10.8. The van der Waals surface area contributed by atoms with E-state index in [-0.39, 0.29) is 5.97 Å². The lowest BCUT2D eigenvalue weighted by atomic mass is 10.1. The number of carbonyl (C=O) groups is 1. The van der Waals surface area contributed by atoms with Gasteiger partial charge < -0.3 is 4.74 Å². The molecule has 0 aromatic rings. The lowest BCUT2D eigenvalue weighted by Crippen LogP contribution is -1.98. The minimum absolute atomic E-state index is 0.0810. The maximum Gasteiger partial charge on any atom is 0.305 e. The summed E-state index contributed by atoms with van der Waals surface area (Å²) in [5, 5.41) is 0. The van der Waals surface area contributed by atoms with Gasteiger partial charge in [-0.2, -0.15) is 0 Å². The van der Waals surface area contributed by atoms with Gasteiger partial charge in [-0.05, 0) is 25.7 Å². The zero-order chi connectivity index (χ0) is 12.1. The normalized spacial score (nSPS) is 10.9. The Hall–Kier alpha value is -0.790. The predicted octanol–water partition coefficient (Wildman–Crippen LogP) is 4.25. The highest BCUT2D eigenvalue weighted by Crippen LogP contribution is 2.08. The maximum absolute atomic E-state index is 10.8. The second-order valence-electron chi connectivity index (χ2n) is 4.14. The molecule has 0 saturated heterocycles. The van der Waals surface area contributed by atoms with Gasteiger partial charge >= 0.3 is 5.97 Å². The Morgan fingerprint density at radius 3 is 2.31 bits per heavy atom. The minimum Gasteiger partial charge on any atom is -0.469 e. The van der Waals surface area contributed by atoms with Crippen molar-refractivity contribution in [1.29, 1.82) is 0 Å². The van der Waals surface area contributed by atoms with Crippen molar-refractivity contribution in [2.75, 3.05) is 7.11 Å². The van der Waals surface area contributed by atoms with Crippen LogP contribution in [0.3, 0.4) is 0 Å². The number of unbranched alkanes of at least 4 members (excludes halogenated alkanes) is 6. The van der Waals surface area contributed by atoms with Crippen molar-refractivity contribution in [3.05, 3.63) is 12.2 Å². The molecule has 0 N–H and O–H groups in total. The topological polar surface area (TPSA) is 26.3 Å². The summed E-state index contributed by atoms with van der Waals surface area (Å²) >= 11 is 0. The van der Waals surface area contributed by atoms with Crippen molar-refractivity contribution in [2.24, 2.45) is 0 Å². The molecule has 0 saturated carbocycles.